The molecule has 0 aromatic carbocycles. The molecule has 8 saturated heterocycles. The summed E-state index contributed by atoms with van der Waals surface area (Å²) in [6, 6.07) is 0. The number of nitrogens with one attached hydrogen (secondary N) is 3. The Balaban J connectivity index is 0.000000327. The van der Waals surface area contributed by atoms with Crippen LogP contribution in [0.25, 0.3) is 0 Å². The van der Waals surface area contributed by atoms with Gasteiger partial charge in [-0.25, -0.2) is 0 Å². The monoisotopic (exact) mass is 1990 g/mol. The lowest BCUT2D eigenvalue weighted by Gasteiger charge is -2.46. The summed E-state index contributed by atoms with van der Waals surface area (Å²) in [6.45, 7) is 12.6. The number of unbranched alkanes of at least 4 members (excludes halogenated alkanes) is 6. The molecule has 8 aliphatic heterocycles. The van der Waals surface area contributed by atoms with Crippen LogP contribution in [0.1, 0.15) is 119 Å². The number of amides is 3. The van der Waals surface area contributed by atoms with Gasteiger partial charge >= 0.3 is 0 Å². The van der Waals surface area contributed by atoms with E-state index in [0.717, 1.165) is 38.5 Å². The van der Waals surface area contributed by atoms with Crippen LogP contribution in [0.5, 0.6) is 0 Å². The van der Waals surface area contributed by atoms with Crippen molar-refractivity contribution in [3.05, 3.63) is 0 Å². The van der Waals surface area contributed by atoms with Gasteiger partial charge in [0.05, 0.1) is 91.0 Å². The molecule has 0 spiro atoms. The first-order valence-electron chi connectivity index (χ1n) is 47.0. The number of rotatable bonds is 54. The molecule has 0 saturated carbocycles. The molecule has 40 atom stereocenters. The predicted octanol–water partition coefficient (Wildman–Crippen LogP) is -14.4. The Morgan fingerprint density at radius 3 is 0.721 bits per heavy atom. The summed E-state index contributed by atoms with van der Waals surface area (Å²) in [5.74, 6) is -0.0397. The highest BCUT2D eigenvalue weighted by Gasteiger charge is 2.54. The fourth-order valence-corrected chi connectivity index (χ4v) is 16.0. The lowest BCUT2D eigenvalue weighted by molar-refractivity contribution is -0.366. The average molecular weight is 1990 g/mol. The van der Waals surface area contributed by atoms with Crippen LogP contribution in [0.4, 0.5) is 0 Å². The van der Waals surface area contributed by atoms with Gasteiger partial charge in [0, 0.05) is 78.2 Å². The maximum absolute atomic E-state index is 11.9. The van der Waals surface area contributed by atoms with Gasteiger partial charge in [0.15, 0.2) is 50.3 Å². The van der Waals surface area contributed by atoms with Crippen molar-refractivity contribution in [3.63, 3.8) is 0 Å². The number of ether oxygens (including phenoxy) is 16. The molecule has 0 unspecified atom stereocenters. The van der Waals surface area contributed by atoms with Gasteiger partial charge in [0.2, 0.25) is 17.7 Å². The first kappa shape index (κ1) is 121. The third-order valence-corrected chi connectivity index (χ3v) is 24.6. The van der Waals surface area contributed by atoms with Gasteiger partial charge in [0.25, 0.3) is 0 Å². The second-order valence-electron chi connectivity index (χ2n) is 34.8. The molecule has 0 bridgehead atoms. The minimum Gasteiger partial charge on any atom is -0.394 e. The molecule has 0 aromatic rings. The van der Waals surface area contributed by atoms with E-state index in [1.807, 2.05) is 35.5 Å². The summed E-state index contributed by atoms with van der Waals surface area (Å²) >= 11 is 0. The summed E-state index contributed by atoms with van der Waals surface area (Å²) in [5.41, 5.74) is 0. The summed E-state index contributed by atoms with van der Waals surface area (Å²) in [4.78, 5) is 41.1. The number of aliphatic hydroxyl groups is 27. The lowest BCUT2D eigenvalue weighted by atomic mass is 9.96. The van der Waals surface area contributed by atoms with Crippen LogP contribution >= 0.6 is 0 Å². The smallest absolute Gasteiger partial charge is 0.219 e. The SMILES string of the molecule is CCNC(=O)CCCCCN(CCO[C@@H]1O[C@@H](C)[C@@H](O)[C@@H](O)[C@@H]1O)CCO[C@H]1O[C@H](CO)[C@@H](O)[C@@H](O)[C@@H]1O.CCNC(=O)CCCCCN(CCO[C@@H]1O[C@@H](C)[C@@H](O)[C@@H](O)[C@@H]1O)CCO[C@H]1O[C@H](CO[C@H]2O[C@H](CO)[C@@H](O)[C@H](O)[C@@H]2O)[C@@H](O)[C@H](O[C@H]2O[C@H](CO)[C@@H](O)[C@H](O)[C@@H]2O)[C@@H]1O.CCNC(=O)CCCCCN(CCO[C@H]1O[C@H](CO)[C@@H](O)[C@H](O)[C@@H]1O)CCO[C@@H]1O[C@@H](C)[C@@H](O)[C@@H](O)[C@@H]1O. The van der Waals surface area contributed by atoms with Crippen LogP contribution in [0.15, 0.2) is 0 Å². The topological polar surface area (TPSA) is 791 Å². The van der Waals surface area contributed by atoms with Crippen LogP contribution in [0.3, 0.4) is 0 Å². The van der Waals surface area contributed by atoms with E-state index in [1.54, 1.807) is 13.8 Å². The van der Waals surface area contributed by atoms with Crippen molar-refractivity contribution in [1.82, 2.24) is 30.7 Å². The van der Waals surface area contributed by atoms with Gasteiger partial charge in [-0.2, -0.15) is 0 Å². The Bertz CT molecular complexity index is 3100. The summed E-state index contributed by atoms with van der Waals surface area (Å²) < 4.78 is 89.3. The molecule has 52 nitrogen and oxygen atoms in total. The maximum Gasteiger partial charge on any atom is 0.219 e. The first-order chi connectivity index (χ1) is 64.7. The molecule has 52 heteroatoms. The normalized spacial score (nSPS) is 38.9. The van der Waals surface area contributed by atoms with E-state index in [-0.39, 0.29) is 70.5 Å². The fourth-order valence-electron chi connectivity index (χ4n) is 16.0. The highest BCUT2D eigenvalue weighted by molar-refractivity contribution is 5.76. The minimum absolute atomic E-state index is 0.00269. The largest absolute Gasteiger partial charge is 0.394 e. The average Bonchev–Trinajstić information content (AvgIpc) is 0.782. The molecular formula is C84H158N6O46. The van der Waals surface area contributed by atoms with Gasteiger partial charge in [-0.1, -0.05) is 19.3 Å². The molecule has 0 radical (unpaired) electrons. The summed E-state index contributed by atoms with van der Waals surface area (Å²) in [5, 5.41) is 281. The summed E-state index contributed by atoms with van der Waals surface area (Å²) in [7, 11) is 0. The van der Waals surface area contributed by atoms with Gasteiger partial charge < -0.3 is 230 Å². The highest BCUT2D eigenvalue weighted by Crippen LogP contribution is 2.34. The van der Waals surface area contributed by atoms with Crippen LogP contribution < -0.4 is 16.0 Å². The first-order valence-corrected chi connectivity index (χ1v) is 47.0. The van der Waals surface area contributed by atoms with E-state index < -0.39 is 279 Å². The number of carbonyl (C=O) groups excluding carboxylic acids is 3. The van der Waals surface area contributed by atoms with Gasteiger partial charge in [-0.05, 0) is 99.7 Å². The quantitative estimate of drug-likeness (QED) is 0.0251. The number of aliphatic hydroxyl groups excluding tert-OH is 27. The molecule has 800 valence electrons. The van der Waals surface area contributed by atoms with Crippen molar-refractivity contribution < 1.29 is 228 Å². The Kier molecular flexibility index (Phi) is 56.2. The van der Waals surface area contributed by atoms with E-state index in [4.69, 9.17) is 75.8 Å². The van der Waals surface area contributed by atoms with Crippen molar-refractivity contribution >= 4 is 17.7 Å². The fraction of sp³-hybridized carbons (Fsp3) is 0.964. The minimum atomic E-state index is -1.92. The van der Waals surface area contributed by atoms with E-state index in [9.17, 15) is 152 Å². The second-order valence-corrected chi connectivity index (χ2v) is 34.8. The van der Waals surface area contributed by atoms with Crippen LogP contribution in [0, 0.1) is 0 Å². The lowest BCUT2D eigenvalue weighted by Crippen LogP contribution is -2.65. The Morgan fingerprint density at radius 2 is 0.463 bits per heavy atom. The van der Waals surface area contributed by atoms with Gasteiger partial charge in [0.1, 0.15) is 177 Å². The van der Waals surface area contributed by atoms with E-state index in [2.05, 4.69) is 16.0 Å². The third kappa shape index (κ3) is 37.3. The Labute approximate surface area is 789 Å². The van der Waals surface area contributed by atoms with E-state index >= 15 is 0 Å². The van der Waals surface area contributed by atoms with Gasteiger partial charge in [-0.15, -0.1) is 0 Å². The van der Waals surface area contributed by atoms with E-state index in [0.29, 0.717) is 104 Å². The molecular weight excluding hydrogens is 1830 g/mol. The summed E-state index contributed by atoms with van der Waals surface area (Å²) in [6.07, 6.45) is -49.1. The van der Waals surface area contributed by atoms with Crippen LogP contribution in [-0.2, 0) is 90.2 Å². The van der Waals surface area contributed by atoms with Crippen molar-refractivity contribution in [1.29, 1.82) is 0 Å². The van der Waals surface area contributed by atoms with Crippen molar-refractivity contribution in [2.45, 2.75) is 364 Å². The number of hydrogen-bond acceptors (Lipinski definition) is 49. The zero-order valence-corrected chi connectivity index (χ0v) is 78.0. The molecule has 8 rings (SSSR count). The zero-order valence-electron chi connectivity index (χ0n) is 78.0. The molecule has 3 amide bonds. The van der Waals surface area contributed by atoms with Crippen molar-refractivity contribution in [3.8, 4) is 0 Å². The van der Waals surface area contributed by atoms with Crippen molar-refractivity contribution in [2.24, 2.45) is 0 Å². The molecule has 8 heterocycles. The standard InChI is InChI=1S/C36H66N2O22.2C24H46N2O12/c1-3-37-20(41)7-5-4-6-8-38(9-11-53-33-28(49)25(46)21(42)16(2)56-33)10-12-54-35-31(52)32(60-36-30(51)27(48)23(44)18(14-40)58-36)24(45)19(59-35)15-55-34-29(50)26(47)22(43)17(13-39)57-34;2*1-3-25-16(28)7-5-4-6-8-26(9-11-35-23-21(33)19(31)17(29)14(2)37-23)10-12-36-24-22(34)20(32)18(30)15(13-27)38-24/h16-19,21-36,39-40,42-52H,3-15H2,1-2H3,(H,37,41);2*14-15,17-24,27,29-34H,3-13H2,1-2H3,(H,25,28)/t16-,17+,18+,19+,21+,22+,23+,24+,25+,26-,27-,28-,29-,30-,31-,32-,33+,34-,35-,36+;14-,15+,17+,18+,19+,20+,21-,22-,23+,24-;14-,15+,17+,18+,19+,20-,21-,22-,23+,24-/m000/s1. The van der Waals surface area contributed by atoms with Crippen LogP contribution in [-0.4, -0.2) is 567 Å². The third-order valence-electron chi connectivity index (χ3n) is 24.6. The number of nitrogens with zero attached hydrogens (tertiary/aromatic N) is 3. The molecule has 136 heavy (non-hydrogen) atoms. The Morgan fingerprint density at radius 1 is 0.243 bits per heavy atom. The molecule has 0 aliphatic carbocycles. The second kappa shape index (κ2) is 63.1. The molecule has 8 aliphatic rings. The zero-order chi connectivity index (χ0) is 101. The van der Waals surface area contributed by atoms with Crippen molar-refractivity contribution in [2.75, 3.05) is 151 Å². The molecule has 8 fully saturated rings. The van der Waals surface area contributed by atoms with Crippen LogP contribution in [0.2, 0.25) is 0 Å². The van der Waals surface area contributed by atoms with E-state index in [1.165, 1.54) is 6.92 Å². The van der Waals surface area contributed by atoms with Gasteiger partial charge in [-0.3, -0.25) is 29.1 Å². The highest BCUT2D eigenvalue weighted by atomic mass is 16.8. The number of carbonyl (C=O) groups is 3. The maximum atomic E-state index is 11.9. The number of hydrogen-bond donors (Lipinski definition) is 30. The molecule has 0 aromatic heterocycles. The Hall–Kier alpha value is -3.43. The molecule has 30 N–H and O–H groups in total. The predicted molar refractivity (Wildman–Crippen MR) is 460 cm³/mol.